The molecular formula is C14H11N2O7S2-. The summed E-state index contributed by atoms with van der Waals surface area (Å²) in [5.41, 5.74) is 5.41. The van der Waals surface area contributed by atoms with Crippen molar-refractivity contribution in [2.75, 3.05) is 5.73 Å². The van der Waals surface area contributed by atoms with Crippen LogP contribution < -0.4 is 5.73 Å². The van der Waals surface area contributed by atoms with E-state index in [9.17, 15) is 31.8 Å². The van der Waals surface area contributed by atoms with Crippen molar-refractivity contribution in [3.05, 3.63) is 57.6 Å². The second-order valence-corrected chi connectivity index (χ2v) is 7.12. The van der Waals surface area contributed by atoms with E-state index in [2.05, 4.69) is 0 Å². The molecule has 132 valence electrons. The van der Waals surface area contributed by atoms with Gasteiger partial charge in [0.2, 0.25) is 0 Å². The summed E-state index contributed by atoms with van der Waals surface area (Å²) >= 11 is -2.58. The lowest BCUT2D eigenvalue weighted by Crippen LogP contribution is -2.02. The predicted molar refractivity (Wildman–Crippen MR) is 89.9 cm³/mol. The number of hydrogen-bond acceptors (Lipinski definition) is 7. The number of nitrogens with zero attached hydrogens (tertiary/aromatic N) is 1. The summed E-state index contributed by atoms with van der Waals surface area (Å²) in [5.74, 6) is 0. The van der Waals surface area contributed by atoms with Crippen LogP contribution in [-0.2, 0) is 21.2 Å². The Morgan fingerprint density at radius 2 is 1.72 bits per heavy atom. The maximum absolute atomic E-state index is 11.4. The maximum atomic E-state index is 11.4. The number of anilines is 1. The highest BCUT2D eigenvalue weighted by Gasteiger charge is 2.18. The molecule has 0 bridgehead atoms. The molecule has 0 aromatic heterocycles. The van der Waals surface area contributed by atoms with Crippen LogP contribution in [0.4, 0.5) is 11.4 Å². The molecule has 9 nitrogen and oxygen atoms in total. The number of nitrogens with two attached hydrogens (primary N) is 1. The molecule has 11 heteroatoms. The summed E-state index contributed by atoms with van der Waals surface area (Å²) in [6.45, 7) is 0. The van der Waals surface area contributed by atoms with E-state index in [0.29, 0.717) is 6.07 Å². The maximum Gasteiger partial charge on any atom is 0.295 e. The molecule has 0 spiro atoms. The number of benzene rings is 2. The third-order valence-electron chi connectivity index (χ3n) is 3.15. The third-order valence-corrected chi connectivity index (χ3v) is 4.77. The quantitative estimate of drug-likeness (QED) is 0.197. The Morgan fingerprint density at radius 3 is 2.28 bits per heavy atom. The van der Waals surface area contributed by atoms with E-state index in [0.717, 1.165) is 12.1 Å². The first-order valence-electron chi connectivity index (χ1n) is 6.52. The molecule has 0 aliphatic carbocycles. The van der Waals surface area contributed by atoms with Crippen molar-refractivity contribution in [2.45, 2.75) is 9.79 Å². The van der Waals surface area contributed by atoms with Gasteiger partial charge in [0.25, 0.3) is 15.8 Å². The van der Waals surface area contributed by atoms with Gasteiger partial charge in [0, 0.05) is 22.7 Å². The van der Waals surface area contributed by atoms with Gasteiger partial charge >= 0.3 is 0 Å². The fourth-order valence-electron chi connectivity index (χ4n) is 2.01. The molecule has 0 radical (unpaired) electrons. The van der Waals surface area contributed by atoms with Crippen molar-refractivity contribution in [3.63, 3.8) is 0 Å². The Hall–Kier alpha value is -2.60. The Morgan fingerprint density at radius 1 is 1.12 bits per heavy atom. The lowest BCUT2D eigenvalue weighted by Gasteiger charge is -2.10. The summed E-state index contributed by atoms with van der Waals surface area (Å²) in [6.07, 6.45) is 2.51. The molecule has 0 aliphatic heterocycles. The van der Waals surface area contributed by atoms with Crippen LogP contribution in [0.5, 0.6) is 0 Å². The van der Waals surface area contributed by atoms with E-state index in [4.69, 9.17) is 5.73 Å². The van der Waals surface area contributed by atoms with Crippen molar-refractivity contribution < 1.29 is 26.7 Å². The summed E-state index contributed by atoms with van der Waals surface area (Å²) in [5, 5.41) is 10.8. The number of nitrogen functional groups attached to an aromatic ring is 1. The van der Waals surface area contributed by atoms with E-state index in [-0.39, 0.29) is 21.7 Å². The second kappa shape index (κ2) is 7.11. The zero-order chi connectivity index (χ0) is 18.8. The summed E-state index contributed by atoms with van der Waals surface area (Å²) in [7, 11) is -4.72. The largest absolute Gasteiger partial charge is 0.768 e. The van der Waals surface area contributed by atoms with Gasteiger partial charge in [-0.25, -0.2) is 0 Å². The van der Waals surface area contributed by atoms with Crippen molar-refractivity contribution >= 4 is 44.7 Å². The van der Waals surface area contributed by atoms with Crippen molar-refractivity contribution in [1.29, 1.82) is 0 Å². The SMILES string of the molecule is Nc1ccc(/C=C/c2ccc([N+](=O)[O-])cc2S(=O)(=O)O)c(S(=O)[O-])c1. The highest BCUT2D eigenvalue weighted by molar-refractivity contribution is 7.86. The van der Waals surface area contributed by atoms with Crippen molar-refractivity contribution in [3.8, 4) is 0 Å². The van der Waals surface area contributed by atoms with E-state index in [1.165, 1.54) is 30.4 Å². The van der Waals surface area contributed by atoms with E-state index in [1.807, 2.05) is 0 Å². The fourth-order valence-corrected chi connectivity index (χ4v) is 3.27. The molecule has 3 N–H and O–H groups in total. The molecule has 2 aromatic carbocycles. The van der Waals surface area contributed by atoms with Gasteiger partial charge in [-0.15, -0.1) is 0 Å². The average Bonchev–Trinajstić information content (AvgIpc) is 2.52. The van der Waals surface area contributed by atoms with Gasteiger partial charge in [-0.2, -0.15) is 8.42 Å². The van der Waals surface area contributed by atoms with E-state index >= 15 is 0 Å². The second-order valence-electron chi connectivity index (χ2n) is 4.82. The molecule has 0 heterocycles. The van der Waals surface area contributed by atoms with Gasteiger partial charge in [-0.3, -0.25) is 18.9 Å². The van der Waals surface area contributed by atoms with Crippen LogP contribution in [0.2, 0.25) is 0 Å². The molecule has 25 heavy (non-hydrogen) atoms. The number of nitro groups is 1. The Balaban J connectivity index is 2.56. The number of hydrogen-bond donors (Lipinski definition) is 2. The minimum atomic E-state index is -4.72. The van der Waals surface area contributed by atoms with Gasteiger partial charge in [-0.05, 0) is 40.4 Å². The molecular weight excluding hydrogens is 372 g/mol. The van der Waals surface area contributed by atoms with Crippen LogP contribution in [0.3, 0.4) is 0 Å². The van der Waals surface area contributed by atoms with Gasteiger partial charge < -0.3 is 10.3 Å². The van der Waals surface area contributed by atoms with Crippen LogP contribution in [0.15, 0.2) is 46.2 Å². The van der Waals surface area contributed by atoms with Gasteiger partial charge in [0.05, 0.1) is 4.92 Å². The Labute approximate surface area is 145 Å². The number of non-ortho nitro benzene ring substituents is 1. The van der Waals surface area contributed by atoms with Crippen LogP contribution in [0.25, 0.3) is 12.2 Å². The lowest BCUT2D eigenvalue weighted by molar-refractivity contribution is -0.385. The predicted octanol–water partition coefficient (Wildman–Crippen LogP) is 1.83. The monoisotopic (exact) mass is 383 g/mol. The minimum absolute atomic E-state index is 0.0486. The summed E-state index contributed by atoms with van der Waals surface area (Å²) in [6, 6.07) is 6.99. The average molecular weight is 383 g/mol. The minimum Gasteiger partial charge on any atom is -0.768 e. The summed E-state index contributed by atoms with van der Waals surface area (Å²) < 4.78 is 54.6. The van der Waals surface area contributed by atoms with Gasteiger partial charge in [-0.1, -0.05) is 18.2 Å². The summed E-state index contributed by atoms with van der Waals surface area (Å²) in [4.78, 5) is 9.17. The zero-order valence-electron chi connectivity index (χ0n) is 12.4. The normalized spacial score (nSPS) is 13.0. The standard InChI is InChI=1S/C14H12N2O7S2/c15-11-5-3-9(13(7-11)24(19)20)1-2-10-4-6-12(16(17)18)8-14(10)25(21,22)23/h1-8H,15H2,(H,19,20)(H,21,22,23)/p-1/b2-1+. The van der Waals surface area contributed by atoms with Crippen LogP contribution in [0.1, 0.15) is 11.1 Å². The zero-order valence-corrected chi connectivity index (χ0v) is 14.0. The first-order chi connectivity index (χ1) is 11.6. The van der Waals surface area contributed by atoms with Gasteiger partial charge in [0.1, 0.15) is 4.90 Å². The number of rotatable bonds is 5. The topological polar surface area (TPSA) is 164 Å². The molecule has 0 saturated carbocycles. The molecule has 0 amide bonds. The molecule has 2 aromatic rings. The molecule has 0 fully saturated rings. The first kappa shape index (κ1) is 18.7. The first-order valence-corrected chi connectivity index (χ1v) is 9.04. The lowest BCUT2D eigenvalue weighted by atomic mass is 10.1. The van der Waals surface area contributed by atoms with Crippen LogP contribution >= 0.6 is 0 Å². The van der Waals surface area contributed by atoms with E-state index in [1.54, 1.807) is 0 Å². The molecule has 2 rings (SSSR count). The molecule has 0 saturated heterocycles. The van der Waals surface area contributed by atoms with E-state index < -0.39 is 36.7 Å². The molecule has 1 atom stereocenters. The smallest absolute Gasteiger partial charge is 0.295 e. The highest BCUT2D eigenvalue weighted by atomic mass is 32.2. The van der Waals surface area contributed by atoms with Crippen molar-refractivity contribution in [2.24, 2.45) is 0 Å². The third kappa shape index (κ3) is 4.48. The van der Waals surface area contributed by atoms with Gasteiger partial charge in [0.15, 0.2) is 0 Å². The highest BCUT2D eigenvalue weighted by Crippen LogP contribution is 2.25. The van der Waals surface area contributed by atoms with Crippen LogP contribution in [-0.4, -0.2) is 26.7 Å². The molecule has 1 unspecified atom stereocenters. The Bertz CT molecular complexity index is 1000. The molecule has 0 aliphatic rings. The van der Waals surface area contributed by atoms with Crippen molar-refractivity contribution in [1.82, 2.24) is 0 Å². The fraction of sp³-hybridized carbons (Fsp3) is 0. The Kier molecular flexibility index (Phi) is 5.33. The van der Waals surface area contributed by atoms with Crippen LogP contribution in [0, 0.1) is 10.1 Å². The number of nitro benzene ring substituents is 1.